The van der Waals surface area contributed by atoms with Crippen LogP contribution in [0.3, 0.4) is 0 Å². The second kappa shape index (κ2) is 4.86. The summed E-state index contributed by atoms with van der Waals surface area (Å²) in [5.41, 5.74) is 5.96. The van der Waals surface area contributed by atoms with Crippen LogP contribution in [0.25, 0.3) is 6.08 Å². The molecule has 86 valence electrons. The Bertz CT molecular complexity index is 383. The van der Waals surface area contributed by atoms with E-state index in [1.807, 2.05) is 6.08 Å². The van der Waals surface area contributed by atoms with E-state index < -0.39 is 0 Å². The molecule has 0 unspecified atom stereocenters. The molecule has 0 heterocycles. The maximum absolute atomic E-state index is 3.92. The van der Waals surface area contributed by atoms with Gasteiger partial charge in [0.2, 0.25) is 0 Å². The number of hydrogen-bond donors (Lipinski definition) is 0. The summed E-state index contributed by atoms with van der Waals surface area (Å²) in [6.07, 6.45) is 8.47. The highest BCUT2D eigenvalue weighted by Crippen LogP contribution is 2.39. The third-order valence-electron chi connectivity index (χ3n) is 3.93. The summed E-state index contributed by atoms with van der Waals surface area (Å²) in [6, 6.07) is 4.80. The molecule has 1 fully saturated rings. The Kier molecular flexibility index (Phi) is 3.48. The molecule has 0 radical (unpaired) electrons. The molecule has 0 N–H and O–H groups in total. The van der Waals surface area contributed by atoms with Crippen LogP contribution in [-0.4, -0.2) is 0 Å². The first kappa shape index (κ1) is 11.4. The van der Waals surface area contributed by atoms with Crippen molar-refractivity contribution in [2.24, 2.45) is 0 Å². The second-order valence-electron chi connectivity index (χ2n) is 4.79. The van der Waals surface area contributed by atoms with Crippen LogP contribution in [0.5, 0.6) is 0 Å². The molecule has 0 atom stereocenters. The Hall–Kier alpha value is -1.04. The van der Waals surface area contributed by atoms with Crippen molar-refractivity contribution in [2.45, 2.75) is 51.9 Å². The molecule has 0 saturated heterocycles. The maximum atomic E-state index is 3.92. The lowest BCUT2D eigenvalue weighted by Gasteiger charge is -2.29. The van der Waals surface area contributed by atoms with Gasteiger partial charge in [-0.25, -0.2) is 0 Å². The summed E-state index contributed by atoms with van der Waals surface area (Å²) in [6.45, 7) is 8.42. The van der Waals surface area contributed by atoms with Crippen molar-refractivity contribution >= 4 is 6.08 Å². The Morgan fingerprint density at radius 3 is 2.31 bits per heavy atom. The van der Waals surface area contributed by atoms with Crippen LogP contribution in [-0.2, 0) is 12.8 Å². The zero-order valence-electron chi connectivity index (χ0n) is 10.6. The van der Waals surface area contributed by atoms with Gasteiger partial charge < -0.3 is 0 Å². The smallest absolute Gasteiger partial charge is 0.0159 e. The van der Waals surface area contributed by atoms with E-state index in [4.69, 9.17) is 0 Å². The molecule has 2 rings (SSSR count). The summed E-state index contributed by atoms with van der Waals surface area (Å²) in [7, 11) is 0. The molecular formula is C16H22. The van der Waals surface area contributed by atoms with Crippen LogP contribution < -0.4 is 0 Å². The summed E-state index contributed by atoms with van der Waals surface area (Å²) in [5.74, 6) is 0.846. The average Bonchev–Trinajstić information content (AvgIpc) is 2.26. The van der Waals surface area contributed by atoms with Crippen molar-refractivity contribution < 1.29 is 0 Å². The molecule has 0 spiro atoms. The number of aryl methyl sites for hydroxylation is 2. The Morgan fingerprint density at radius 2 is 1.88 bits per heavy atom. The minimum Gasteiger partial charge on any atom is -0.0985 e. The number of benzene rings is 1. The quantitative estimate of drug-likeness (QED) is 0.680. The standard InChI is InChI=1S/C16H22/c1-4-12-10-14(6-3)16(11-13(12)5-2)15-8-7-9-15/h4,10-11,15H,1,5-9H2,2-3H3. The van der Waals surface area contributed by atoms with E-state index in [-0.39, 0.29) is 0 Å². The molecule has 1 saturated carbocycles. The summed E-state index contributed by atoms with van der Waals surface area (Å²) in [5, 5.41) is 0. The van der Waals surface area contributed by atoms with Crippen molar-refractivity contribution in [3.05, 3.63) is 41.0 Å². The Labute approximate surface area is 99.4 Å². The molecule has 0 heteroatoms. The summed E-state index contributed by atoms with van der Waals surface area (Å²) in [4.78, 5) is 0. The minimum atomic E-state index is 0.846. The predicted octanol–water partition coefficient (Wildman–Crippen LogP) is 4.72. The molecular weight excluding hydrogens is 192 g/mol. The predicted molar refractivity (Wildman–Crippen MR) is 71.9 cm³/mol. The number of rotatable bonds is 4. The van der Waals surface area contributed by atoms with Gasteiger partial charge in [0, 0.05) is 0 Å². The normalized spacial score (nSPS) is 15.9. The second-order valence-corrected chi connectivity index (χ2v) is 4.79. The van der Waals surface area contributed by atoms with Gasteiger partial charge in [0.1, 0.15) is 0 Å². The highest BCUT2D eigenvalue weighted by Gasteiger charge is 2.22. The molecule has 16 heavy (non-hydrogen) atoms. The van der Waals surface area contributed by atoms with E-state index in [9.17, 15) is 0 Å². The fourth-order valence-electron chi connectivity index (χ4n) is 2.63. The summed E-state index contributed by atoms with van der Waals surface area (Å²) >= 11 is 0. The van der Waals surface area contributed by atoms with Crippen molar-refractivity contribution in [1.29, 1.82) is 0 Å². The van der Waals surface area contributed by atoms with Gasteiger partial charge in [-0.3, -0.25) is 0 Å². The first-order chi connectivity index (χ1) is 7.80. The molecule has 1 aliphatic rings. The van der Waals surface area contributed by atoms with Crippen LogP contribution in [0.4, 0.5) is 0 Å². The van der Waals surface area contributed by atoms with E-state index >= 15 is 0 Å². The maximum Gasteiger partial charge on any atom is -0.0159 e. The topological polar surface area (TPSA) is 0 Å². The largest absolute Gasteiger partial charge is 0.0985 e. The third-order valence-corrected chi connectivity index (χ3v) is 3.93. The fourth-order valence-corrected chi connectivity index (χ4v) is 2.63. The molecule has 1 aromatic rings. The van der Waals surface area contributed by atoms with Crippen LogP contribution in [0.2, 0.25) is 0 Å². The summed E-state index contributed by atoms with van der Waals surface area (Å²) < 4.78 is 0. The van der Waals surface area contributed by atoms with Gasteiger partial charge in [0.05, 0.1) is 0 Å². The first-order valence-corrected chi connectivity index (χ1v) is 6.58. The van der Waals surface area contributed by atoms with Gasteiger partial charge in [0.25, 0.3) is 0 Å². The fraction of sp³-hybridized carbons (Fsp3) is 0.500. The van der Waals surface area contributed by atoms with Crippen LogP contribution in [0.15, 0.2) is 18.7 Å². The van der Waals surface area contributed by atoms with Crippen LogP contribution >= 0.6 is 0 Å². The average molecular weight is 214 g/mol. The molecule has 0 amide bonds. The SMILES string of the molecule is C=Cc1cc(CC)c(C2CCC2)cc1CC. The Morgan fingerprint density at radius 1 is 1.19 bits per heavy atom. The zero-order chi connectivity index (χ0) is 11.5. The molecule has 0 bridgehead atoms. The van der Waals surface area contributed by atoms with Gasteiger partial charge in [-0.05, 0) is 53.9 Å². The lowest BCUT2D eigenvalue weighted by atomic mass is 9.76. The van der Waals surface area contributed by atoms with Crippen molar-refractivity contribution in [3.63, 3.8) is 0 Å². The molecule has 0 aromatic heterocycles. The van der Waals surface area contributed by atoms with Gasteiger partial charge >= 0.3 is 0 Å². The highest BCUT2D eigenvalue weighted by molar-refractivity contribution is 5.56. The number of hydrogen-bond acceptors (Lipinski definition) is 0. The Balaban J connectivity index is 2.45. The molecule has 1 aliphatic carbocycles. The lowest BCUT2D eigenvalue weighted by Crippen LogP contribution is -2.12. The van der Waals surface area contributed by atoms with Crippen molar-refractivity contribution in [1.82, 2.24) is 0 Å². The molecule has 1 aromatic carbocycles. The first-order valence-electron chi connectivity index (χ1n) is 6.58. The van der Waals surface area contributed by atoms with E-state index in [1.54, 1.807) is 5.56 Å². The van der Waals surface area contributed by atoms with Crippen LogP contribution in [0, 0.1) is 0 Å². The van der Waals surface area contributed by atoms with Gasteiger partial charge in [-0.1, -0.05) is 45.1 Å². The molecule has 0 nitrogen and oxygen atoms in total. The minimum absolute atomic E-state index is 0.846. The van der Waals surface area contributed by atoms with Crippen molar-refractivity contribution in [2.75, 3.05) is 0 Å². The van der Waals surface area contributed by atoms with E-state index in [1.165, 1.54) is 36.0 Å². The molecule has 0 aliphatic heterocycles. The van der Waals surface area contributed by atoms with Crippen molar-refractivity contribution in [3.8, 4) is 0 Å². The van der Waals surface area contributed by atoms with Gasteiger partial charge in [-0.15, -0.1) is 0 Å². The van der Waals surface area contributed by atoms with E-state index in [0.29, 0.717) is 0 Å². The van der Waals surface area contributed by atoms with Gasteiger partial charge in [0.15, 0.2) is 0 Å². The third kappa shape index (κ3) is 1.93. The highest BCUT2D eigenvalue weighted by atomic mass is 14.3. The van der Waals surface area contributed by atoms with Gasteiger partial charge in [-0.2, -0.15) is 0 Å². The van der Waals surface area contributed by atoms with Crippen LogP contribution in [0.1, 0.15) is 61.3 Å². The monoisotopic (exact) mass is 214 g/mol. The zero-order valence-corrected chi connectivity index (χ0v) is 10.6. The van der Waals surface area contributed by atoms with E-state index in [2.05, 4.69) is 32.6 Å². The van der Waals surface area contributed by atoms with E-state index in [0.717, 1.165) is 18.8 Å². The lowest BCUT2D eigenvalue weighted by molar-refractivity contribution is 0.417.